The molecule has 1 aromatic carbocycles. The van der Waals surface area contributed by atoms with Crippen LogP contribution < -0.4 is 0 Å². The second-order valence-electron chi connectivity index (χ2n) is 4.77. The first-order chi connectivity index (χ1) is 8.66. The van der Waals surface area contributed by atoms with E-state index in [1.807, 2.05) is 12.1 Å². The molecule has 2 rings (SSSR count). The van der Waals surface area contributed by atoms with Crippen molar-refractivity contribution >= 4 is 34.5 Å². The SMILES string of the molecule is O=C(OCC1CCCCC1)c1cc(S)ccc1Br. The zero-order valence-corrected chi connectivity index (χ0v) is 12.7. The van der Waals surface area contributed by atoms with Crippen LogP contribution in [0, 0.1) is 5.92 Å². The van der Waals surface area contributed by atoms with Crippen LogP contribution in [0.2, 0.25) is 0 Å². The number of hydrogen-bond acceptors (Lipinski definition) is 3. The van der Waals surface area contributed by atoms with Gasteiger partial charge in [0.15, 0.2) is 0 Å². The highest BCUT2D eigenvalue weighted by Crippen LogP contribution is 2.25. The highest BCUT2D eigenvalue weighted by molar-refractivity contribution is 9.10. The minimum Gasteiger partial charge on any atom is -0.462 e. The fraction of sp³-hybridized carbons (Fsp3) is 0.500. The van der Waals surface area contributed by atoms with Gasteiger partial charge in [0.05, 0.1) is 12.2 Å². The fourth-order valence-electron chi connectivity index (χ4n) is 2.29. The summed E-state index contributed by atoms with van der Waals surface area (Å²) in [5.74, 6) is 0.281. The maximum absolute atomic E-state index is 12.0. The number of benzene rings is 1. The number of esters is 1. The summed E-state index contributed by atoms with van der Waals surface area (Å²) < 4.78 is 6.16. The van der Waals surface area contributed by atoms with Crippen LogP contribution in [-0.2, 0) is 4.74 Å². The van der Waals surface area contributed by atoms with Gasteiger partial charge in [0.1, 0.15) is 0 Å². The van der Waals surface area contributed by atoms with Gasteiger partial charge in [0, 0.05) is 9.37 Å². The Morgan fingerprint density at radius 1 is 1.33 bits per heavy atom. The van der Waals surface area contributed by atoms with Crippen molar-refractivity contribution in [3.63, 3.8) is 0 Å². The summed E-state index contributed by atoms with van der Waals surface area (Å²) in [5.41, 5.74) is 0.554. The number of carbonyl (C=O) groups is 1. The molecule has 4 heteroatoms. The van der Waals surface area contributed by atoms with Gasteiger partial charge in [-0.05, 0) is 52.9 Å². The number of rotatable bonds is 3. The monoisotopic (exact) mass is 328 g/mol. The van der Waals surface area contributed by atoms with Crippen molar-refractivity contribution in [2.45, 2.75) is 37.0 Å². The molecule has 0 N–H and O–H groups in total. The van der Waals surface area contributed by atoms with Gasteiger partial charge in [-0.2, -0.15) is 0 Å². The lowest BCUT2D eigenvalue weighted by Gasteiger charge is -2.21. The normalized spacial score (nSPS) is 16.6. The van der Waals surface area contributed by atoms with Gasteiger partial charge in [0.25, 0.3) is 0 Å². The standard InChI is InChI=1S/C14H17BrO2S/c15-13-7-6-11(18)8-12(13)14(16)17-9-10-4-2-1-3-5-10/h6-8,10,18H,1-5,9H2. The van der Waals surface area contributed by atoms with Gasteiger partial charge in [-0.3, -0.25) is 0 Å². The number of halogens is 1. The van der Waals surface area contributed by atoms with Crippen molar-refractivity contribution in [3.05, 3.63) is 28.2 Å². The first kappa shape index (κ1) is 13.9. The molecule has 18 heavy (non-hydrogen) atoms. The van der Waals surface area contributed by atoms with Gasteiger partial charge < -0.3 is 4.74 Å². The number of hydrogen-bond donors (Lipinski definition) is 1. The summed E-state index contributed by atoms with van der Waals surface area (Å²) in [4.78, 5) is 12.7. The topological polar surface area (TPSA) is 26.3 Å². The molecule has 1 saturated carbocycles. The largest absolute Gasteiger partial charge is 0.462 e. The average molecular weight is 329 g/mol. The van der Waals surface area contributed by atoms with E-state index in [1.165, 1.54) is 32.1 Å². The Morgan fingerprint density at radius 2 is 2.06 bits per heavy atom. The lowest BCUT2D eigenvalue weighted by atomic mass is 9.90. The van der Waals surface area contributed by atoms with Gasteiger partial charge in [0.2, 0.25) is 0 Å². The molecule has 0 unspecified atom stereocenters. The zero-order valence-electron chi connectivity index (χ0n) is 10.2. The Hall–Kier alpha value is -0.480. The van der Waals surface area contributed by atoms with E-state index in [-0.39, 0.29) is 5.97 Å². The van der Waals surface area contributed by atoms with Crippen LogP contribution in [0.4, 0.5) is 0 Å². The second-order valence-corrected chi connectivity index (χ2v) is 6.14. The molecule has 0 amide bonds. The van der Waals surface area contributed by atoms with Gasteiger partial charge in [-0.15, -0.1) is 12.6 Å². The van der Waals surface area contributed by atoms with Gasteiger partial charge in [-0.1, -0.05) is 19.3 Å². The van der Waals surface area contributed by atoms with Crippen LogP contribution >= 0.6 is 28.6 Å². The smallest absolute Gasteiger partial charge is 0.339 e. The molecule has 1 aliphatic rings. The van der Waals surface area contributed by atoms with Crippen molar-refractivity contribution < 1.29 is 9.53 Å². The summed E-state index contributed by atoms with van der Waals surface area (Å²) in [6, 6.07) is 5.39. The van der Waals surface area contributed by atoms with Crippen LogP contribution in [0.5, 0.6) is 0 Å². The zero-order chi connectivity index (χ0) is 13.0. The third kappa shape index (κ3) is 3.75. The van der Waals surface area contributed by atoms with E-state index in [1.54, 1.807) is 6.07 Å². The Morgan fingerprint density at radius 3 is 2.78 bits per heavy atom. The number of ether oxygens (including phenoxy) is 1. The molecule has 0 atom stereocenters. The molecule has 0 aromatic heterocycles. The van der Waals surface area contributed by atoms with E-state index in [0.29, 0.717) is 18.1 Å². The molecular formula is C14H17BrO2S. The number of thiol groups is 1. The second kappa shape index (κ2) is 6.62. The minimum atomic E-state index is -0.261. The van der Waals surface area contributed by atoms with Crippen molar-refractivity contribution in [1.82, 2.24) is 0 Å². The third-order valence-electron chi connectivity index (χ3n) is 3.34. The first-order valence-corrected chi connectivity index (χ1v) is 7.56. The van der Waals surface area contributed by atoms with E-state index < -0.39 is 0 Å². The first-order valence-electron chi connectivity index (χ1n) is 6.32. The lowest BCUT2D eigenvalue weighted by Crippen LogP contribution is -2.17. The summed E-state index contributed by atoms with van der Waals surface area (Å²) >= 11 is 7.60. The third-order valence-corrected chi connectivity index (χ3v) is 4.31. The molecule has 1 fully saturated rings. The van der Waals surface area contributed by atoms with E-state index >= 15 is 0 Å². The predicted octanol–water partition coefficient (Wildman–Crippen LogP) is 4.47. The highest BCUT2D eigenvalue weighted by Gasteiger charge is 2.17. The molecule has 1 aromatic rings. The molecule has 98 valence electrons. The molecule has 2 nitrogen and oxygen atoms in total. The van der Waals surface area contributed by atoms with Crippen LogP contribution in [-0.4, -0.2) is 12.6 Å². The maximum Gasteiger partial charge on any atom is 0.339 e. The number of carbonyl (C=O) groups excluding carboxylic acids is 1. The van der Waals surface area contributed by atoms with Crippen molar-refractivity contribution in [3.8, 4) is 0 Å². The molecular weight excluding hydrogens is 312 g/mol. The Labute approximate surface area is 122 Å². The molecule has 1 aliphatic carbocycles. The fourth-order valence-corrected chi connectivity index (χ4v) is 2.91. The average Bonchev–Trinajstić information content (AvgIpc) is 2.40. The predicted molar refractivity (Wildman–Crippen MR) is 78.3 cm³/mol. The molecule has 0 saturated heterocycles. The summed E-state index contributed by atoms with van der Waals surface area (Å²) in [6.07, 6.45) is 6.20. The Balaban J connectivity index is 1.92. The molecule has 0 spiro atoms. The molecule has 0 radical (unpaired) electrons. The summed E-state index contributed by atoms with van der Waals surface area (Å²) in [6.45, 7) is 0.544. The van der Waals surface area contributed by atoms with Gasteiger partial charge in [-0.25, -0.2) is 4.79 Å². The molecule has 0 aliphatic heterocycles. The quantitative estimate of drug-likeness (QED) is 0.654. The Bertz CT molecular complexity index is 428. The van der Waals surface area contributed by atoms with Crippen molar-refractivity contribution in [2.75, 3.05) is 6.61 Å². The Kier molecular flexibility index (Phi) is 5.13. The molecule has 0 bridgehead atoms. The summed E-state index contributed by atoms with van der Waals surface area (Å²) in [5, 5.41) is 0. The van der Waals surface area contributed by atoms with Crippen LogP contribution in [0.1, 0.15) is 42.5 Å². The van der Waals surface area contributed by atoms with Crippen molar-refractivity contribution in [2.24, 2.45) is 5.92 Å². The highest BCUT2D eigenvalue weighted by atomic mass is 79.9. The van der Waals surface area contributed by atoms with E-state index in [4.69, 9.17) is 4.74 Å². The lowest BCUT2D eigenvalue weighted by molar-refractivity contribution is 0.0409. The minimum absolute atomic E-state index is 0.261. The van der Waals surface area contributed by atoms with Crippen LogP contribution in [0.3, 0.4) is 0 Å². The van der Waals surface area contributed by atoms with E-state index in [9.17, 15) is 4.79 Å². The van der Waals surface area contributed by atoms with E-state index in [0.717, 1.165) is 9.37 Å². The molecule has 0 heterocycles. The van der Waals surface area contributed by atoms with Crippen LogP contribution in [0.25, 0.3) is 0 Å². The van der Waals surface area contributed by atoms with Gasteiger partial charge >= 0.3 is 5.97 Å². The maximum atomic E-state index is 12.0. The van der Waals surface area contributed by atoms with Crippen molar-refractivity contribution in [1.29, 1.82) is 0 Å². The van der Waals surface area contributed by atoms with Crippen LogP contribution in [0.15, 0.2) is 27.6 Å². The summed E-state index contributed by atoms with van der Waals surface area (Å²) in [7, 11) is 0. The van der Waals surface area contributed by atoms with E-state index in [2.05, 4.69) is 28.6 Å².